The van der Waals surface area contributed by atoms with Gasteiger partial charge in [-0.15, -0.1) is 0 Å². The number of likely N-dealkylation sites (N-methyl/N-ethyl adjacent to an activating group) is 2. The van der Waals surface area contributed by atoms with Crippen LogP contribution in [-0.4, -0.2) is 67.6 Å². The molecule has 2 rings (SSSR count). The summed E-state index contributed by atoms with van der Waals surface area (Å²) in [6.45, 7) is -0.350. The predicted octanol–water partition coefficient (Wildman–Crippen LogP) is 1.50. The fourth-order valence-electron chi connectivity index (χ4n) is 2.29. The molecule has 1 aliphatic rings. The SMILES string of the molecule is COC(=O)COc1c(Cl)cc(C=C2C(=O)N(C)C(=S)N(C)C2=O)cc1OC. The first kappa shape index (κ1) is 20.7. The molecule has 0 aromatic heterocycles. The second-order valence-corrected chi connectivity index (χ2v) is 6.24. The van der Waals surface area contributed by atoms with Crippen LogP contribution in [0.4, 0.5) is 0 Å². The third kappa shape index (κ3) is 4.20. The lowest BCUT2D eigenvalue weighted by Gasteiger charge is -2.31. The van der Waals surface area contributed by atoms with Crippen LogP contribution in [0.3, 0.4) is 0 Å². The van der Waals surface area contributed by atoms with Gasteiger partial charge in [-0.3, -0.25) is 19.4 Å². The third-order valence-electron chi connectivity index (χ3n) is 3.77. The first-order chi connectivity index (χ1) is 12.7. The molecule has 0 spiro atoms. The van der Waals surface area contributed by atoms with Gasteiger partial charge in [0.1, 0.15) is 5.57 Å². The second-order valence-electron chi connectivity index (χ2n) is 5.47. The minimum absolute atomic E-state index is 0.0741. The van der Waals surface area contributed by atoms with E-state index in [0.717, 1.165) is 0 Å². The highest BCUT2D eigenvalue weighted by Crippen LogP contribution is 2.37. The maximum atomic E-state index is 12.4. The predicted molar refractivity (Wildman–Crippen MR) is 102 cm³/mol. The number of hydrogen-bond acceptors (Lipinski definition) is 7. The average molecular weight is 413 g/mol. The maximum absolute atomic E-state index is 12.4. The highest BCUT2D eigenvalue weighted by atomic mass is 35.5. The number of ether oxygens (including phenoxy) is 3. The number of rotatable bonds is 5. The molecular formula is C17H17ClN2O6S. The molecule has 2 amide bonds. The third-order valence-corrected chi connectivity index (χ3v) is 4.60. The van der Waals surface area contributed by atoms with Gasteiger partial charge in [0.15, 0.2) is 23.2 Å². The largest absolute Gasteiger partial charge is 0.493 e. The quantitative estimate of drug-likeness (QED) is 0.313. The van der Waals surface area contributed by atoms with E-state index in [1.807, 2.05) is 0 Å². The Bertz CT molecular complexity index is 828. The molecule has 27 heavy (non-hydrogen) atoms. The first-order valence-electron chi connectivity index (χ1n) is 7.60. The Morgan fingerprint density at radius 3 is 2.30 bits per heavy atom. The van der Waals surface area contributed by atoms with Gasteiger partial charge in [0.05, 0.1) is 19.2 Å². The van der Waals surface area contributed by atoms with Crippen molar-refractivity contribution in [3.8, 4) is 11.5 Å². The van der Waals surface area contributed by atoms with Crippen LogP contribution in [0.15, 0.2) is 17.7 Å². The van der Waals surface area contributed by atoms with Gasteiger partial charge < -0.3 is 14.2 Å². The van der Waals surface area contributed by atoms with Crippen LogP contribution in [0.1, 0.15) is 5.56 Å². The topological polar surface area (TPSA) is 85.4 Å². The van der Waals surface area contributed by atoms with Crippen LogP contribution in [0.5, 0.6) is 11.5 Å². The van der Waals surface area contributed by atoms with E-state index in [2.05, 4.69) is 4.74 Å². The van der Waals surface area contributed by atoms with Crippen molar-refractivity contribution in [2.45, 2.75) is 0 Å². The molecule has 8 nitrogen and oxygen atoms in total. The van der Waals surface area contributed by atoms with E-state index >= 15 is 0 Å². The van der Waals surface area contributed by atoms with Crippen LogP contribution >= 0.6 is 23.8 Å². The number of halogens is 1. The molecule has 1 aromatic carbocycles. The molecule has 1 saturated heterocycles. The summed E-state index contributed by atoms with van der Waals surface area (Å²) in [5.41, 5.74) is 0.364. The summed E-state index contributed by atoms with van der Waals surface area (Å²) in [5.74, 6) is -1.26. The Kier molecular flexibility index (Phi) is 6.40. The van der Waals surface area contributed by atoms with Gasteiger partial charge in [-0.25, -0.2) is 4.79 Å². The van der Waals surface area contributed by atoms with Crippen LogP contribution < -0.4 is 9.47 Å². The minimum atomic E-state index is -0.584. The highest BCUT2D eigenvalue weighted by Gasteiger charge is 2.35. The van der Waals surface area contributed by atoms with Crippen molar-refractivity contribution in [2.75, 3.05) is 34.9 Å². The molecule has 0 unspecified atom stereocenters. The molecule has 144 valence electrons. The Hall–Kier alpha value is -2.65. The van der Waals surface area contributed by atoms with Crippen LogP contribution in [0.25, 0.3) is 6.08 Å². The number of benzene rings is 1. The zero-order valence-electron chi connectivity index (χ0n) is 15.1. The van der Waals surface area contributed by atoms with Gasteiger partial charge in [-0.05, 0) is 36.0 Å². The van der Waals surface area contributed by atoms with Crippen LogP contribution in [0, 0.1) is 0 Å². The Morgan fingerprint density at radius 1 is 1.19 bits per heavy atom. The number of thiocarbonyl (C=S) groups is 1. The smallest absolute Gasteiger partial charge is 0.343 e. The lowest BCUT2D eigenvalue weighted by atomic mass is 10.1. The summed E-state index contributed by atoms with van der Waals surface area (Å²) >= 11 is 11.3. The molecule has 1 heterocycles. The first-order valence-corrected chi connectivity index (χ1v) is 8.38. The van der Waals surface area contributed by atoms with E-state index in [-0.39, 0.29) is 33.8 Å². The summed E-state index contributed by atoms with van der Waals surface area (Å²) < 4.78 is 15.1. The van der Waals surface area contributed by atoms with E-state index in [1.54, 1.807) is 0 Å². The summed E-state index contributed by atoms with van der Waals surface area (Å²) in [5, 5.41) is 0.252. The lowest BCUT2D eigenvalue weighted by molar-refractivity contribution is -0.143. The second kappa shape index (κ2) is 8.36. The van der Waals surface area contributed by atoms with Gasteiger partial charge in [-0.1, -0.05) is 11.6 Å². The van der Waals surface area contributed by atoms with Crippen molar-refractivity contribution >= 4 is 52.8 Å². The Labute approximate surface area is 166 Å². The van der Waals surface area contributed by atoms with Crippen molar-refractivity contribution in [3.63, 3.8) is 0 Å². The molecule has 10 heteroatoms. The van der Waals surface area contributed by atoms with E-state index in [0.29, 0.717) is 5.56 Å². The zero-order chi connectivity index (χ0) is 20.3. The van der Waals surface area contributed by atoms with Gasteiger partial charge in [0.25, 0.3) is 11.8 Å². The molecule has 0 radical (unpaired) electrons. The van der Waals surface area contributed by atoms with Gasteiger partial charge in [-0.2, -0.15) is 0 Å². The summed E-state index contributed by atoms with van der Waals surface area (Å²) in [7, 11) is 5.60. The summed E-state index contributed by atoms with van der Waals surface area (Å²) in [4.78, 5) is 38.4. The number of nitrogens with zero attached hydrogens (tertiary/aromatic N) is 2. The number of carbonyl (C=O) groups is 3. The van der Waals surface area contributed by atoms with E-state index in [4.69, 9.17) is 33.3 Å². The molecule has 0 saturated carbocycles. The van der Waals surface area contributed by atoms with Gasteiger partial charge in [0.2, 0.25) is 0 Å². The maximum Gasteiger partial charge on any atom is 0.343 e. The molecule has 1 aromatic rings. The summed E-state index contributed by atoms with van der Waals surface area (Å²) in [6, 6.07) is 3.01. The van der Waals surface area contributed by atoms with Gasteiger partial charge in [0, 0.05) is 14.1 Å². The standard InChI is InChI=1S/C17H17ClN2O6S/c1-19-15(22)10(16(23)20(2)17(19)27)5-9-6-11(18)14(12(7-9)24-3)26-8-13(21)25-4/h5-7H,8H2,1-4H3. The Balaban J connectivity index is 2.41. The van der Waals surface area contributed by atoms with Crippen LogP contribution in [0.2, 0.25) is 5.02 Å². The molecule has 0 atom stereocenters. The van der Waals surface area contributed by atoms with Gasteiger partial charge >= 0.3 is 5.97 Å². The van der Waals surface area contributed by atoms with E-state index in [9.17, 15) is 14.4 Å². The number of amides is 2. The lowest BCUT2D eigenvalue weighted by Crippen LogP contribution is -2.52. The van der Waals surface area contributed by atoms with Crippen molar-refractivity contribution in [3.05, 3.63) is 28.3 Å². The van der Waals surface area contributed by atoms with E-state index in [1.165, 1.54) is 56.3 Å². The number of carbonyl (C=O) groups excluding carboxylic acids is 3. The highest BCUT2D eigenvalue weighted by molar-refractivity contribution is 7.80. The van der Waals surface area contributed by atoms with Crippen molar-refractivity contribution in [2.24, 2.45) is 0 Å². The fraction of sp³-hybridized carbons (Fsp3) is 0.294. The van der Waals surface area contributed by atoms with Crippen molar-refractivity contribution in [1.82, 2.24) is 9.80 Å². The molecule has 0 N–H and O–H groups in total. The van der Waals surface area contributed by atoms with Crippen molar-refractivity contribution < 1.29 is 28.6 Å². The number of methoxy groups -OCH3 is 2. The molecule has 0 aliphatic carbocycles. The molecular weight excluding hydrogens is 396 g/mol. The average Bonchev–Trinajstić information content (AvgIpc) is 2.66. The number of esters is 1. The minimum Gasteiger partial charge on any atom is -0.493 e. The summed E-state index contributed by atoms with van der Waals surface area (Å²) in [6.07, 6.45) is 1.39. The molecule has 0 bridgehead atoms. The molecule has 1 fully saturated rings. The fourth-order valence-corrected chi connectivity index (χ4v) is 2.73. The van der Waals surface area contributed by atoms with Crippen LogP contribution in [-0.2, 0) is 19.1 Å². The van der Waals surface area contributed by atoms with Crippen molar-refractivity contribution in [1.29, 1.82) is 0 Å². The number of hydrogen-bond donors (Lipinski definition) is 0. The monoisotopic (exact) mass is 412 g/mol. The molecule has 1 aliphatic heterocycles. The zero-order valence-corrected chi connectivity index (χ0v) is 16.6. The normalized spacial score (nSPS) is 14.4. The Morgan fingerprint density at radius 2 is 1.78 bits per heavy atom. The van der Waals surface area contributed by atoms with E-state index < -0.39 is 17.8 Å².